The molecule has 0 bridgehead atoms. The van der Waals surface area contributed by atoms with Gasteiger partial charge in [-0.15, -0.1) is 10.2 Å². The summed E-state index contributed by atoms with van der Waals surface area (Å²) in [5.74, 6) is 0.717. The molecular formula is C16H16N4O3S. The average molecular weight is 344 g/mol. The van der Waals surface area contributed by atoms with Gasteiger partial charge in [0, 0.05) is 12.5 Å². The molecule has 1 amide bonds. The van der Waals surface area contributed by atoms with Crippen LogP contribution in [0.3, 0.4) is 0 Å². The Labute approximate surface area is 142 Å². The molecule has 2 heterocycles. The Morgan fingerprint density at radius 3 is 2.96 bits per heavy atom. The number of rotatable bonds is 6. The second-order valence-corrected chi connectivity index (χ2v) is 6.04. The first-order valence-corrected chi connectivity index (χ1v) is 8.26. The maximum Gasteiger partial charge on any atom is 0.279 e. The lowest BCUT2D eigenvalue weighted by atomic mass is 10.1. The molecule has 0 atom stereocenters. The van der Waals surface area contributed by atoms with Gasteiger partial charge in [0.05, 0.1) is 12.7 Å². The van der Waals surface area contributed by atoms with Crippen LogP contribution in [0.15, 0.2) is 34.9 Å². The minimum Gasteiger partial charge on any atom is -0.496 e. The van der Waals surface area contributed by atoms with E-state index in [9.17, 15) is 4.79 Å². The summed E-state index contributed by atoms with van der Waals surface area (Å²) in [4.78, 5) is 12.3. The molecule has 0 saturated carbocycles. The summed E-state index contributed by atoms with van der Waals surface area (Å²) in [6.45, 7) is 2.06. The van der Waals surface area contributed by atoms with Gasteiger partial charge in [0.1, 0.15) is 10.8 Å². The maximum atomic E-state index is 12.3. The summed E-state index contributed by atoms with van der Waals surface area (Å²) < 4.78 is 10.6. The number of ether oxygens (including phenoxy) is 1. The number of hydrogen-bond acceptors (Lipinski definition) is 7. The molecule has 0 aliphatic carbocycles. The first-order chi connectivity index (χ1) is 11.7. The van der Waals surface area contributed by atoms with E-state index in [2.05, 4.69) is 27.6 Å². The van der Waals surface area contributed by atoms with E-state index in [4.69, 9.17) is 9.26 Å². The minimum absolute atomic E-state index is 0.170. The summed E-state index contributed by atoms with van der Waals surface area (Å²) in [7, 11) is 1.58. The quantitative estimate of drug-likeness (QED) is 0.737. The standard InChI is InChI=1S/C16H16N4O3S/c1-3-6-14-18-19-16(24-14)17-15(21)11-9-13(23-20-11)10-7-4-5-8-12(10)22-2/h4-5,7-9H,3,6H2,1-2H3,(H,17,19,21). The van der Waals surface area contributed by atoms with Crippen molar-refractivity contribution in [3.05, 3.63) is 41.0 Å². The van der Waals surface area contributed by atoms with Gasteiger partial charge in [0.25, 0.3) is 5.91 Å². The zero-order valence-corrected chi connectivity index (χ0v) is 14.1. The van der Waals surface area contributed by atoms with Gasteiger partial charge in [-0.25, -0.2) is 0 Å². The molecule has 2 aromatic heterocycles. The second-order valence-electron chi connectivity index (χ2n) is 4.98. The Kier molecular flexibility index (Phi) is 4.85. The number of hydrogen-bond donors (Lipinski definition) is 1. The van der Waals surface area contributed by atoms with Crippen LogP contribution >= 0.6 is 11.3 Å². The van der Waals surface area contributed by atoms with Crippen LogP contribution in [0.25, 0.3) is 11.3 Å². The van der Waals surface area contributed by atoms with Gasteiger partial charge >= 0.3 is 0 Å². The molecule has 3 aromatic rings. The van der Waals surface area contributed by atoms with Gasteiger partial charge in [-0.3, -0.25) is 10.1 Å². The molecule has 24 heavy (non-hydrogen) atoms. The molecule has 1 aromatic carbocycles. The number of carbonyl (C=O) groups excluding carboxylic acids is 1. The number of nitrogens with one attached hydrogen (secondary N) is 1. The van der Waals surface area contributed by atoms with Crippen LogP contribution in [0.5, 0.6) is 5.75 Å². The monoisotopic (exact) mass is 344 g/mol. The highest BCUT2D eigenvalue weighted by atomic mass is 32.1. The van der Waals surface area contributed by atoms with Crippen molar-refractivity contribution >= 4 is 22.4 Å². The Balaban J connectivity index is 1.76. The third-order valence-corrected chi connectivity index (χ3v) is 4.16. The molecule has 0 aliphatic rings. The van der Waals surface area contributed by atoms with Gasteiger partial charge in [-0.1, -0.05) is 35.5 Å². The summed E-state index contributed by atoms with van der Waals surface area (Å²) >= 11 is 1.36. The Morgan fingerprint density at radius 1 is 1.33 bits per heavy atom. The fraction of sp³-hybridized carbons (Fsp3) is 0.250. The number of aromatic nitrogens is 3. The van der Waals surface area contributed by atoms with E-state index in [0.717, 1.165) is 23.4 Å². The summed E-state index contributed by atoms with van der Waals surface area (Å²) in [6.07, 6.45) is 1.82. The lowest BCUT2D eigenvalue weighted by Crippen LogP contribution is -2.11. The molecule has 7 nitrogen and oxygen atoms in total. The zero-order chi connectivity index (χ0) is 16.9. The number of methoxy groups -OCH3 is 1. The minimum atomic E-state index is -0.390. The third-order valence-electron chi connectivity index (χ3n) is 3.27. The van der Waals surface area contributed by atoms with Crippen molar-refractivity contribution in [2.45, 2.75) is 19.8 Å². The first-order valence-electron chi connectivity index (χ1n) is 7.45. The lowest BCUT2D eigenvalue weighted by Gasteiger charge is -2.03. The fourth-order valence-electron chi connectivity index (χ4n) is 2.14. The molecule has 124 valence electrons. The van der Waals surface area contributed by atoms with Gasteiger partial charge < -0.3 is 9.26 Å². The van der Waals surface area contributed by atoms with Crippen molar-refractivity contribution in [3.8, 4) is 17.1 Å². The third kappa shape index (κ3) is 3.43. The highest BCUT2D eigenvalue weighted by molar-refractivity contribution is 7.15. The van der Waals surface area contributed by atoms with Crippen molar-refractivity contribution in [3.63, 3.8) is 0 Å². The largest absolute Gasteiger partial charge is 0.496 e. The smallest absolute Gasteiger partial charge is 0.279 e. The SMILES string of the molecule is CCCc1nnc(NC(=O)c2cc(-c3ccccc3OC)on2)s1. The Morgan fingerprint density at radius 2 is 2.17 bits per heavy atom. The van der Waals surface area contributed by atoms with Gasteiger partial charge in [-0.2, -0.15) is 0 Å². The van der Waals surface area contributed by atoms with E-state index < -0.39 is 0 Å². The Hall–Kier alpha value is -2.74. The highest BCUT2D eigenvalue weighted by Gasteiger charge is 2.17. The summed E-state index contributed by atoms with van der Waals surface area (Å²) in [5.41, 5.74) is 0.899. The second kappa shape index (κ2) is 7.22. The van der Waals surface area contributed by atoms with Crippen LogP contribution in [0.1, 0.15) is 28.8 Å². The predicted octanol–water partition coefficient (Wildman–Crippen LogP) is 3.41. The van der Waals surface area contributed by atoms with Crippen molar-refractivity contribution in [1.82, 2.24) is 15.4 Å². The highest BCUT2D eigenvalue weighted by Crippen LogP contribution is 2.30. The molecule has 8 heteroatoms. The van der Waals surface area contributed by atoms with E-state index in [1.54, 1.807) is 13.2 Å². The number of benzene rings is 1. The molecule has 3 rings (SSSR count). The Bertz CT molecular complexity index is 843. The van der Waals surface area contributed by atoms with Crippen LogP contribution in [0.2, 0.25) is 0 Å². The topological polar surface area (TPSA) is 90.1 Å². The normalized spacial score (nSPS) is 10.6. The van der Waals surface area contributed by atoms with E-state index in [1.165, 1.54) is 11.3 Å². The number of aryl methyl sites for hydroxylation is 1. The van der Waals surface area contributed by atoms with Crippen LogP contribution in [-0.2, 0) is 6.42 Å². The van der Waals surface area contributed by atoms with Crippen molar-refractivity contribution < 1.29 is 14.1 Å². The van der Waals surface area contributed by atoms with Crippen molar-refractivity contribution in [2.75, 3.05) is 12.4 Å². The number of amides is 1. The maximum absolute atomic E-state index is 12.3. The van der Waals surface area contributed by atoms with Crippen LogP contribution in [0, 0.1) is 0 Å². The van der Waals surface area contributed by atoms with Gasteiger partial charge in [0.15, 0.2) is 11.5 Å². The number of nitrogens with zero attached hydrogens (tertiary/aromatic N) is 3. The molecule has 0 saturated heterocycles. The zero-order valence-electron chi connectivity index (χ0n) is 13.3. The van der Waals surface area contributed by atoms with E-state index in [0.29, 0.717) is 16.6 Å². The molecule has 0 spiro atoms. The molecule has 0 unspecified atom stereocenters. The van der Waals surface area contributed by atoms with Gasteiger partial charge in [0.2, 0.25) is 5.13 Å². The van der Waals surface area contributed by atoms with Crippen LogP contribution in [0.4, 0.5) is 5.13 Å². The van der Waals surface area contributed by atoms with Gasteiger partial charge in [-0.05, 0) is 18.6 Å². The van der Waals surface area contributed by atoms with E-state index in [-0.39, 0.29) is 11.6 Å². The average Bonchev–Trinajstić information content (AvgIpc) is 3.25. The number of carbonyl (C=O) groups is 1. The van der Waals surface area contributed by atoms with Crippen molar-refractivity contribution in [1.29, 1.82) is 0 Å². The van der Waals surface area contributed by atoms with Crippen LogP contribution < -0.4 is 10.1 Å². The first kappa shape index (κ1) is 16.1. The molecule has 0 radical (unpaired) electrons. The lowest BCUT2D eigenvalue weighted by molar-refractivity contribution is 0.101. The van der Waals surface area contributed by atoms with Crippen LogP contribution in [-0.4, -0.2) is 28.4 Å². The van der Waals surface area contributed by atoms with E-state index in [1.807, 2.05) is 24.3 Å². The molecule has 1 N–H and O–H groups in total. The predicted molar refractivity (Wildman–Crippen MR) is 90.3 cm³/mol. The number of anilines is 1. The summed E-state index contributed by atoms with van der Waals surface area (Å²) in [6, 6.07) is 8.93. The molecule has 0 fully saturated rings. The fourth-order valence-corrected chi connectivity index (χ4v) is 2.97. The van der Waals surface area contributed by atoms with E-state index >= 15 is 0 Å². The molecular weight excluding hydrogens is 328 g/mol. The van der Waals surface area contributed by atoms with Crippen molar-refractivity contribution in [2.24, 2.45) is 0 Å². The number of para-hydroxylation sites is 1. The summed E-state index contributed by atoms with van der Waals surface area (Å²) in [5, 5.41) is 15.8. The molecule has 0 aliphatic heterocycles.